The fraction of sp³-hybridized carbons (Fsp3) is 0.241. The number of anilines is 1. The van der Waals surface area contributed by atoms with Gasteiger partial charge in [-0.05, 0) is 54.4 Å². The van der Waals surface area contributed by atoms with Crippen molar-refractivity contribution < 1.29 is 27.4 Å². The van der Waals surface area contributed by atoms with Crippen LogP contribution in [0.4, 0.5) is 18.9 Å². The van der Waals surface area contributed by atoms with E-state index >= 15 is 8.78 Å². The summed E-state index contributed by atoms with van der Waals surface area (Å²) in [6, 6.07) is 20.2. The topological polar surface area (TPSA) is 65.4 Å². The maximum atomic E-state index is 15.1. The van der Waals surface area contributed by atoms with Gasteiger partial charge in [-0.25, -0.2) is 13.2 Å². The highest BCUT2D eigenvalue weighted by molar-refractivity contribution is 5.97. The quantitative estimate of drug-likeness (QED) is 0.265. The molecule has 0 atom stereocenters. The summed E-state index contributed by atoms with van der Waals surface area (Å²) in [5, 5.41) is 7.22. The molecule has 0 spiro atoms. The number of amides is 1. The number of alkyl halides is 2. The molecule has 0 fully saturated rings. The summed E-state index contributed by atoms with van der Waals surface area (Å²) in [6.45, 7) is 1.11. The molecule has 0 saturated carbocycles. The van der Waals surface area contributed by atoms with Crippen LogP contribution in [0, 0.1) is 12.7 Å². The molecule has 1 aromatic heterocycles. The first kappa shape index (κ1) is 25.5. The molecule has 3 aromatic carbocycles. The zero-order chi connectivity index (χ0) is 26.7. The van der Waals surface area contributed by atoms with Crippen LogP contribution in [0.5, 0.6) is 5.75 Å². The van der Waals surface area contributed by atoms with Crippen molar-refractivity contribution in [3.8, 4) is 28.1 Å². The molecule has 1 amide bonds. The third kappa shape index (κ3) is 5.73. The van der Waals surface area contributed by atoms with E-state index in [1.54, 1.807) is 25.1 Å². The molecular weight excluding hydrogens is 495 g/mol. The highest BCUT2D eigenvalue weighted by Gasteiger charge is 2.32. The Labute approximate surface area is 218 Å². The first-order chi connectivity index (χ1) is 18.3. The van der Waals surface area contributed by atoms with Gasteiger partial charge in [0.05, 0.1) is 30.3 Å². The van der Waals surface area contributed by atoms with E-state index in [4.69, 9.17) is 9.47 Å². The lowest BCUT2D eigenvalue weighted by molar-refractivity contribution is -0.118. The van der Waals surface area contributed by atoms with Crippen molar-refractivity contribution in [3.63, 3.8) is 0 Å². The Morgan fingerprint density at radius 2 is 1.79 bits per heavy atom. The predicted molar refractivity (Wildman–Crippen MR) is 138 cm³/mol. The number of fused-ring (bicyclic) bond motifs is 1. The molecule has 0 bridgehead atoms. The van der Waals surface area contributed by atoms with Gasteiger partial charge in [-0.15, -0.1) is 0 Å². The Balaban J connectivity index is 1.43. The van der Waals surface area contributed by atoms with Crippen LogP contribution >= 0.6 is 0 Å². The number of benzene rings is 3. The van der Waals surface area contributed by atoms with Gasteiger partial charge in [0.25, 0.3) is 11.8 Å². The van der Waals surface area contributed by atoms with E-state index in [0.717, 1.165) is 5.56 Å². The van der Waals surface area contributed by atoms with Gasteiger partial charge in [-0.3, -0.25) is 9.48 Å². The molecule has 0 unspecified atom stereocenters. The number of aromatic nitrogens is 2. The molecule has 1 aliphatic heterocycles. The number of carbonyl (C=O) groups excluding carboxylic acids is 1. The molecule has 0 aliphatic carbocycles. The van der Waals surface area contributed by atoms with Gasteiger partial charge in [0.2, 0.25) is 0 Å². The fourth-order valence-electron chi connectivity index (χ4n) is 4.47. The SMILES string of the molecule is Cc1nn(CC(F)(F)CCOCc2ccccc2)c(-c2ccc(F)cc2)c1-c1ccc2c(c1)NC(=O)CO2. The minimum Gasteiger partial charge on any atom is -0.482 e. The molecule has 4 aromatic rings. The van der Waals surface area contributed by atoms with Crippen LogP contribution in [-0.2, 0) is 22.7 Å². The van der Waals surface area contributed by atoms with Crippen LogP contribution in [0.25, 0.3) is 22.4 Å². The molecule has 1 N–H and O–H groups in total. The molecule has 196 valence electrons. The second-order valence-electron chi connectivity index (χ2n) is 9.17. The van der Waals surface area contributed by atoms with Gasteiger partial charge < -0.3 is 14.8 Å². The van der Waals surface area contributed by atoms with Gasteiger partial charge in [0, 0.05) is 17.5 Å². The van der Waals surface area contributed by atoms with Gasteiger partial charge in [-0.2, -0.15) is 5.10 Å². The molecule has 38 heavy (non-hydrogen) atoms. The van der Waals surface area contributed by atoms with Crippen molar-refractivity contribution in [2.24, 2.45) is 0 Å². The third-order valence-electron chi connectivity index (χ3n) is 6.25. The van der Waals surface area contributed by atoms with Crippen LogP contribution in [0.3, 0.4) is 0 Å². The van der Waals surface area contributed by atoms with Gasteiger partial charge in [0.15, 0.2) is 6.61 Å². The molecule has 0 radical (unpaired) electrons. The van der Waals surface area contributed by atoms with Gasteiger partial charge >= 0.3 is 0 Å². The smallest absolute Gasteiger partial charge is 0.269 e. The Morgan fingerprint density at radius 1 is 1.05 bits per heavy atom. The minimum atomic E-state index is -3.11. The molecule has 9 heteroatoms. The van der Waals surface area contributed by atoms with Crippen LogP contribution < -0.4 is 10.1 Å². The number of rotatable bonds is 9. The van der Waals surface area contributed by atoms with Crippen molar-refractivity contribution in [1.82, 2.24) is 9.78 Å². The fourth-order valence-corrected chi connectivity index (χ4v) is 4.47. The van der Waals surface area contributed by atoms with Crippen molar-refractivity contribution in [1.29, 1.82) is 0 Å². The molecule has 0 saturated heterocycles. The highest BCUT2D eigenvalue weighted by atomic mass is 19.3. The summed E-state index contributed by atoms with van der Waals surface area (Å²) in [7, 11) is 0. The molecule has 5 rings (SSSR count). The Morgan fingerprint density at radius 3 is 2.55 bits per heavy atom. The maximum absolute atomic E-state index is 15.1. The summed E-state index contributed by atoms with van der Waals surface area (Å²) in [4.78, 5) is 11.8. The Bertz CT molecular complexity index is 1440. The average molecular weight is 522 g/mol. The van der Waals surface area contributed by atoms with E-state index < -0.39 is 24.7 Å². The monoisotopic (exact) mass is 521 g/mol. The largest absolute Gasteiger partial charge is 0.482 e. The molecule has 6 nitrogen and oxygen atoms in total. The minimum absolute atomic E-state index is 0.0751. The van der Waals surface area contributed by atoms with E-state index in [9.17, 15) is 9.18 Å². The summed E-state index contributed by atoms with van der Waals surface area (Å²) >= 11 is 0. The van der Waals surface area contributed by atoms with Crippen LogP contribution in [0.1, 0.15) is 17.7 Å². The maximum Gasteiger partial charge on any atom is 0.269 e. The Hall–Kier alpha value is -4.11. The second kappa shape index (κ2) is 10.7. The van der Waals surface area contributed by atoms with E-state index in [0.29, 0.717) is 39.5 Å². The number of halogens is 3. The number of nitrogens with zero attached hydrogens (tertiary/aromatic N) is 2. The van der Waals surface area contributed by atoms with Crippen LogP contribution in [-0.4, -0.2) is 34.8 Å². The second-order valence-corrected chi connectivity index (χ2v) is 9.17. The lowest BCUT2D eigenvalue weighted by Gasteiger charge is -2.20. The number of nitrogens with one attached hydrogen (secondary N) is 1. The van der Waals surface area contributed by atoms with E-state index in [1.165, 1.54) is 28.9 Å². The molecule has 2 heterocycles. The average Bonchev–Trinajstić information content (AvgIpc) is 3.21. The zero-order valence-electron chi connectivity index (χ0n) is 20.7. The Kier molecular flexibility index (Phi) is 7.20. The number of hydrogen-bond donors (Lipinski definition) is 1. The van der Waals surface area contributed by atoms with E-state index in [1.807, 2.05) is 30.3 Å². The zero-order valence-corrected chi connectivity index (χ0v) is 20.7. The molecule has 1 aliphatic rings. The van der Waals surface area contributed by atoms with Crippen molar-refractivity contribution in [2.75, 3.05) is 18.5 Å². The van der Waals surface area contributed by atoms with Crippen molar-refractivity contribution >= 4 is 11.6 Å². The van der Waals surface area contributed by atoms with Gasteiger partial charge in [-0.1, -0.05) is 36.4 Å². The number of carbonyl (C=O) groups is 1. The van der Waals surface area contributed by atoms with E-state index in [2.05, 4.69) is 10.4 Å². The highest BCUT2D eigenvalue weighted by Crippen LogP contribution is 2.40. The summed E-state index contributed by atoms with van der Waals surface area (Å²) in [6.07, 6.45) is -0.487. The lowest BCUT2D eigenvalue weighted by atomic mass is 9.98. The summed E-state index contributed by atoms with van der Waals surface area (Å²) in [5.74, 6) is -3.31. The summed E-state index contributed by atoms with van der Waals surface area (Å²) < 4.78 is 56.2. The van der Waals surface area contributed by atoms with Crippen LogP contribution in [0.2, 0.25) is 0 Å². The predicted octanol–water partition coefficient (Wildman–Crippen LogP) is 6.24. The lowest BCUT2D eigenvalue weighted by Crippen LogP contribution is -2.27. The van der Waals surface area contributed by atoms with Gasteiger partial charge in [0.1, 0.15) is 18.1 Å². The summed E-state index contributed by atoms with van der Waals surface area (Å²) in [5.41, 5.74) is 4.14. The first-order valence-electron chi connectivity index (χ1n) is 12.2. The number of aryl methyl sites for hydroxylation is 1. The standard InChI is InChI=1S/C29H26F3N3O3/c1-19-27(22-9-12-25-24(15-22)33-26(36)17-38-25)28(21-7-10-23(30)11-8-21)35(34-19)18-29(31,32)13-14-37-16-20-5-3-2-4-6-20/h2-12,15H,13-14,16-18H2,1H3,(H,33,36). The molecular formula is C29H26F3N3O3. The first-order valence-corrected chi connectivity index (χ1v) is 12.2. The van der Waals surface area contributed by atoms with Crippen molar-refractivity contribution in [3.05, 3.63) is 89.9 Å². The van der Waals surface area contributed by atoms with Crippen molar-refractivity contribution in [2.45, 2.75) is 32.4 Å². The number of hydrogen-bond acceptors (Lipinski definition) is 4. The number of ether oxygens (including phenoxy) is 2. The van der Waals surface area contributed by atoms with Crippen LogP contribution in [0.15, 0.2) is 72.8 Å². The third-order valence-corrected chi connectivity index (χ3v) is 6.25. The van der Waals surface area contributed by atoms with E-state index in [-0.39, 0.29) is 25.7 Å². The normalized spacial score (nSPS) is 13.1.